The summed E-state index contributed by atoms with van der Waals surface area (Å²) in [5.41, 5.74) is 2.17. The molecule has 0 aromatic heterocycles. The van der Waals surface area contributed by atoms with Crippen molar-refractivity contribution in [2.75, 3.05) is 6.54 Å². The molecule has 2 aromatic carbocycles. The van der Waals surface area contributed by atoms with Gasteiger partial charge in [0.05, 0.1) is 0 Å². The number of carbonyl (C=O) groups excluding carboxylic acids is 1. The van der Waals surface area contributed by atoms with Gasteiger partial charge < -0.3 is 4.90 Å². The molecule has 1 aliphatic heterocycles. The van der Waals surface area contributed by atoms with Crippen LogP contribution in [-0.4, -0.2) is 17.4 Å². The summed E-state index contributed by atoms with van der Waals surface area (Å²) in [4.78, 5) is 14.0. The van der Waals surface area contributed by atoms with Crippen LogP contribution in [0, 0.1) is 11.6 Å². The molecule has 0 unspecified atom stereocenters. The lowest BCUT2D eigenvalue weighted by molar-refractivity contribution is 0.0726. The third-order valence-corrected chi connectivity index (χ3v) is 3.48. The second-order valence-corrected chi connectivity index (χ2v) is 4.91. The van der Waals surface area contributed by atoms with Gasteiger partial charge in [0.25, 0.3) is 5.91 Å². The molecule has 1 heterocycles. The van der Waals surface area contributed by atoms with E-state index >= 15 is 0 Å². The van der Waals surface area contributed by atoms with Gasteiger partial charge in [-0.2, -0.15) is 0 Å². The van der Waals surface area contributed by atoms with E-state index in [0.717, 1.165) is 18.1 Å². The lowest BCUT2D eigenvalue weighted by atomic mass is 9.98. The summed E-state index contributed by atoms with van der Waals surface area (Å²) in [6.07, 6.45) is 0.764. The highest BCUT2D eigenvalue weighted by molar-refractivity contribution is 5.96. The van der Waals surface area contributed by atoms with Crippen molar-refractivity contribution in [3.05, 3.63) is 70.8 Å². The van der Waals surface area contributed by atoms with Crippen molar-refractivity contribution >= 4 is 5.91 Å². The highest BCUT2D eigenvalue weighted by Gasteiger charge is 2.23. The van der Waals surface area contributed by atoms with E-state index in [9.17, 15) is 13.6 Å². The highest BCUT2D eigenvalue weighted by Crippen LogP contribution is 2.21. The van der Waals surface area contributed by atoms with E-state index in [0.29, 0.717) is 17.7 Å². The van der Waals surface area contributed by atoms with Crippen LogP contribution in [0.2, 0.25) is 0 Å². The average molecular weight is 273 g/mol. The van der Waals surface area contributed by atoms with Gasteiger partial charge in [-0.25, -0.2) is 8.78 Å². The van der Waals surface area contributed by atoms with Gasteiger partial charge in [0, 0.05) is 24.7 Å². The Morgan fingerprint density at radius 1 is 1.05 bits per heavy atom. The number of hydrogen-bond acceptors (Lipinski definition) is 1. The van der Waals surface area contributed by atoms with Gasteiger partial charge in [0.15, 0.2) is 0 Å². The minimum absolute atomic E-state index is 0.0866. The minimum atomic E-state index is -0.621. The minimum Gasteiger partial charge on any atom is -0.334 e. The molecule has 0 atom stereocenters. The van der Waals surface area contributed by atoms with Crippen LogP contribution < -0.4 is 0 Å². The molecule has 0 saturated carbocycles. The maximum atomic E-state index is 13.2. The van der Waals surface area contributed by atoms with Crippen LogP contribution in [0.3, 0.4) is 0 Å². The Bertz CT molecular complexity index is 649. The van der Waals surface area contributed by atoms with Crippen LogP contribution in [0.25, 0.3) is 0 Å². The van der Waals surface area contributed by atoms with Crippen molar-refractivity contribution < 1.29 is 13.6 Å². The predicted molar refractivity (Wildman–Crippen MR) is 71.2 cm³/mol. The number of halogens is 2. The number of nitrogens with zero attached hydrogens (tertiary/aromatic N) is 1. The molecule has 1 amide bonds. The van der Waals surface area contributed by atoms with Crippen molar-refractivity contribution in [2.45, 2.75) is 13.0 Å². The van der Waals surface area contributed by atoms with Crippen molar-refractivity contribution in [1.29, 1.82) is 0 Å². The maximum absolute atomic E-state index is 13.2. The molecule has 20 heavy (non-hydrogen) atoms. The zero-order valence-corrected chi connectivity index (χ0v) is 10.8. The van der Waals surface area contributed by atoms with E-state index in [4.69, 9.17) is 0 Å². The Hall–Kier alpha value is -2.23. The number of amides is 1. The molecular formula is C16H13F2NO. The fourth-order valence-corrected chi connectivity index (χ4v) is 2.55. The van der Waals surface area contributed by atoms with E-state index in [1.807, 2.05) is 18.2 Å². The Kier molecular flexibility index (Phi) is 3.22. The molecule has 0 saturated heterocycles. The number of fused-ring (bicyclic) bond motifs is 1. The summed E-state index contributed by atoms with van der Waals surface area (Å²) in [5, 5.41) is 0. The summed E-state index contributed by atoms with van der Waals surface area (Å²) < 4.78 is 26.3. The molecule has 0 fully saturated rings. The Labute approximate surface area is 115 Å². The fraction of sp³-hybridized carbons (Fsp3) is 0.188. The van der Waals surface area contributed by atoms with E-state index in [-0.39, 0.29) is 12.5 Å². The average Bonchev–Trinajstić information content (AvgIpc) is 2.41. The first-order valence-corrected chi connectivity index (χ1v) is 6.45. The first kappa shape index (κ1) is 12.8. The zero-order valence-electron chi connectivity index (χ0n) is 10.8. The van der Waals surface area contributed by atoms with Crippen molar-refractivity contribution in [3.8, 4) is 0 Å². The van der Waals surface area contributed by atoms with Gasteiger partial charge in [-0.3, -0.25) is 4.79 Å². The molecule has 4 heteroatoms. The fourth-order valence-electron chi connectivity index (χ4n) is 2.55. The van der Waals surface area contributed by atoms with Gasteiger partial charge in [-0.15, -0.1) is 0 Å². The van der Waals surface area contributed by atoms with E-state index in [1.54, 1.807) is 11.0 Å². The van der Waals surface area contributed by atoms with Crippen LogP contribution in [0.1, 0.15) is 21.5 Å². The lowest BCUT2D eigenvalue weighted by Gasteiger charge is -2.28. The molecule has 0 spiro atoms. The largest absolute Gasteiger partial charge is 0.334 e. The first-order chi connectivity index (χ1) is 9.63. The predicted octanol–water partition coefficient (Wildman–Crippen LogP) is 3.16. The topological polar surface area (TPSA) is 20.3 Å². The van der Waals surface area contributed by atoms with Crippen molar-refractivity contribution in [3.63, 3.8) is 0 Å². The number of carbonyl (C=O) groups is 1. The molecule has 0 radical (unpaired) electrons. The third-order valence-electron chi connectivity index (χ3n) is 3.48. The number of benzene rings is 2. The summed E-state index contributed by atoms with van der Waals surface area (Å²) in [6.45, 7) is 0.788. The van der Waals surface area contributed by atoms with Crippen molar-refractivity contribution in [1.82, 2.24) is 4.90 Å². The summed E-state index contributed by atoms with van der Waals surface area (Å²) >= 11 is 0. The smallest absolute Gasteiger partial charge is 0.254 e. The van der Waals surface area contributed by atoms with Crippen LogP contribution in [0.15, 0.2) is 42.5 Å². The quantitative estimate of drug-likeness (QED) is 0.823. The first-order valence-electron chi connectivity index (χ1n) is 6.45. The van der Waals surface area contributed by atoms with Gasteiger partial charge in [-0.1, -0.05) is 18.2 Å². The number of hydrogen-bond donors (Lipinski definition) is 0. The van der Waals surface area contributed by atoms with Crippen LogP contribution >= 0.6 is 0 Å². The highest BCUT2D eigenvalue weighted by atomic mass is 19.1. The van der Waals surface area contributed by atoms with Crippen LogP contribution in [0.5, 0.6) is 0 Å². The Morgan fingerprint density at radius 2 is 1.75 bits per heavy atom. The van der Waals surface area contributed by atoms with Crippen LogP contribution in [0.4, 0.5) is 8.78 Å². The standard InChI is InChI=1S/C16H13F2NO/c17-13-7-11(8-14(18)9-13)10-19-6-5-12-3-1-2-4-15(12)16(19)20/h1-4,7-9H,5-6,10H2. The second kappa shape index (κ2) is 5.04. The molecule has 1 aliphatic rings. The van der Waals surface area contributed by atoms with E-state index in [1.165, 1.54) is 12.1 Å². The molecule has 3 rings (SSSR count). The molecule has 0 N–H and O–H groups in total. The monoisotopic (exact) mass is 273 g/mol. The Morgan fingerprint density at radius 3 is 2.50 bits per heavy atom. The lowest BCUT2D eigenvalue weighted by Crippen LogP contribution is -2.37. The normalized spacial score (nSPS) is 14.3. The van der Waals surface area contributed by atoms with Gasteiger partial charge in [0.1, 0.15) is 11.6 Å². The molecule has 102 valence electrons. The second-order valence-electron chi connectivity index (χ2n) is 4.91. The van der Waals surface area contributed by atoms with Gasteiger partial charge >= 0.3 is 0 Å². The molecule has 0 aliphatic carbocycles. The van der Waals surface area contributed by atoms with Gasteiger partial charge in [-0.05, 0) is 35.7 Å². The molecule has 0 bridgehead atoms. The summed E-state index contributed by atoms with van der Waals surface area (Å²) in [6, 6.07) is 10.8. The van der Waals surface area contributed by atoms with E-state index < -0.39 is 11.6 Å². The van der Waals surface area contributed by atoms with Crippen LogP contribution in [-0.2, 0) is 13.0 Å². The molecule has 2 nitrogen and oxygen atoms in total. The zero-order chi connectivity index (χ0) is 14.1. The summed E-state index contributed by atoms with van der Waals surface area (Å²) in [7, 11) is 0. The maximum Gasteiger partial charge on any atom is 0.254 e. The van der Waals surface area contributed by atoms with E-state index in [2.05, 4.69) is 0 Å². The van der Waals surface area contributed by atoms with Crippen molar-refractivity contribution in [2.24, 2.45) is 0 Å². The Balaban J connectivity index is 1.84. The molecule has 2 aromatic rings. The summed E-state index contributed by atoms with van der Waals surface area (Å²) in [5.74, 6) is -1.33. The van der Waals surface area contributed by atoms with Gasteiger partial charge in [0.2, 0.25) is 0 Å². The number of rotatable bonds is 2. The SMILES string of the molecule is O=C1c2ccccc2CCN1Cc1cc(F)cc(F)c1. The molecular weight excluding hydrogens is 260 g/mol. The third kappa shape index (κ3) is 2.41.